The van der Waals surface area contributed by atoms with E-state index in [4.69, 9.17) is 4.74 Å². The molecule has 3 aromatic carbocycles. The zero-order valence-electron chi connectivity index (χ0n) is 14.5. The molecule has 0 saturated carbocycles. The largest absolute Gasteiger partial charge is 0.457 e. The standard InChI is InChI=1S/C22H17NO3/c1-14-7-9-16(10-8-14)26-17-11-12-18-19(13-17)22(25)23(21(18)24)20-6-4-3-5-15(20)2/h3-13H,1-2H3. The lowest BCUT2D eigenvalue weighted by molar-refractivity contribution is 0.0926. The third-order valence-corrected chi connectivity index (χ3v) is 4.47. The topological polar surface area (TPSA) is 46.6 Å². The van der Waals surface area contributed by atoms with Crippen LogP contribution < -0.4 is 9.64 Å². The van der Waals surface area contributed by atoms with E-state index in [-0.39, 0.29) is 11.8 Å². The number of benzene rings is 3. The average Bonchev–Trinajstić information content (AvgIpc) is 2.88. The fourth-order valence-electron chi connectivity index (χ4n) is 3.06. The quantitative estimate of drug-likeness (QED) is 0.636. The fraction of sp³-hybridized carbons (Fsp3) is 0.0909. The summed E-state index contributed by atoms with van der Waals surface area (Å²) in [6, 6.07) is 20.0. The van der Waals surface area contributed by atoms with E-state index >= 15 is 0 Å². The molecule has 2 amide bonds. The maximum atomic E-state index is 12.9. The Morgan fingerprint density at radius 2 is 1.38 bits per heavy atom. The highest BCUT2D eigenvalue weighted by Gasteiger charge is 2.37. The van der Waals surface area contributed by atoms with Crippen LogP contribution in [0.4, 0.5) is 5.69 Å². The molecule has 1 heterocycles. The van der Waals surface area contributed by atoms with E-state index in [1.807, 2.05) is 56.3 Å². The molecule has 26 heavy (non-hydrogen) atoms. The minimum Gasteiger partial charge on any atom is -0.457 e. The second-order valence-electron chi connectivity index (χ2n) is 6.35. The molecule has 0 unspecified atom stereocenters. The second kappa shape index (κ2) is 6.15. The molecular weight excluding hydrogens is 326 g/mol. The zero-order valence-corrected chi connectivity index (χ0v) is 14.5. The minimum atomic E-state index is -0.325. The Bertz CT molecular complexity index is 1020. The molecule has 0 aliphatic carbocycles. The van der Waals surface area contributed by atoms with Gasteiger partial charge in [0.25, 0.3) is 11.8 Å². The first-order chi connectivity index (χ1) is 12.5. The summed E-state index contributed by atoms with van der Waals surface area (Å²) in [4.78, 5) is 26.8. The number of carbonyl (C=O) groups is 2. The summed E-state index contributed by atoms with van der Waals surface area (Å²) in [5, 5.41) is 0. The minimum absolute atomic E-state index is 0.304. The normalized spacial score (nSPS) is 13.1. The Morgan fingerprint density at radius 1 is 0.731 bits per heavy atom. The summed E-state index contributed by atoms with van der Waals surface area (Å²) in [5.74, 6) is 0.582. The van der Waals surface area contributed by atoms with Crippen LogP contribution in [-0.4, -0.2) is 11.8 Å². The lowest BCUT2D eigenvalue weighted by atomic mass is 10.1. The van der Waals surface area contributed by atoms with Gasteiger partial charge in [-0.1, -0.05) is 35.9 Å². The molecule has 0 atom stereocenters. The lowest BCUT2D eigenvalue weighted by Crippen LogP contribution is -2.29. The number of amides is 2. The van der Waals surface area contributed by atoms with Crippen LogP contribution in [0.5, 0.6) is 11.5 Å². The van der Waals surface area contributed by atoms with Crippen molar-refractivity contribution in [3.05, 3.63) is 89.0 Å². The van der Waals surface area contributed by atoms with Crippen LogP contribution in [-0.2, 0) is 0 Å². The highest BCUT2D eigenvalue weighted by molar-refractivity contribution is 6.34. The molecule has 0 radical (unpaired) electrons. The molecular formula is C22H17NO3. The van der Waals surface area contributed by atoms with E-state index in [2.05, 4.69) is 0 Å². The van der Waals surface area contributed by atoms with Gasteiger partial charge in [-0.25, -0.2) is 4.90 Å². The molecule has 0 saturated heterocycles. The Hall–Kier alpha value is -3.40. The number of ether oxygens (including phenoxy) is 1. The first-order valence-corrected chi connectivity index (χ1v) is 8.37. The number of fused-ring (bicyclic) bond motifs is 1. The lowest BCUT2D eigenvalue weighted by Gasteiger charge is -2.16. The van der Waals surface area contributed by atoms with Crippen LogP contribution >= 0.6 is 0 Å². The Balaban J connectivity index is 1.68. The first-order valence-electron chi connectivity index (χ1n) is 8.37. The number of para-hydroxylation sites is 1. The van der Waals surface area contributed by atoms with Crippen molar-refractivity contribution in [2.45, 2.75) is 13.8 Å². The summed E-state index contributed by atoms with van der Waals surface area (Å²) in [5.41, 5.74) is 3.39. The molecule has 1 aliphatic rings. The molecule has 0 bridgehead atoms. The van der Waals surface area contributed by atoms with Gasteiger partial charge >= 0.3 is 0 Å². The summed E-state index contributed by atoms with van der Waals surface area (Å²) < 4.78 is 5.82. The number of imide groups is 1. The molecule has 0 aromatic heterocycles. The summed E-state index contributed by atoms with van der Waals surface area (Å²) in [7, 11) is 0. The van der Waals surface area contributed by atoms with Crippen molar-refractivity contribution in [1.82, 2.24) is 0 Å². The maximum absolute atomic E-state index is 12.9. The van der Waals surface area contributed by atoms with Crippen LogP contribution in [0.25, 0.3) is 0 Å². The third kappa shape index (κ3) is 2.65. The number of hydrogen-bond donors (Lipinski definition) is 0. The van der Waals surface area contributed by atoms with Gasteiger partial charge in [-0.15, -0.1) is 0 Å². The first kappa shape index (κ1) is 16.1. The summed E-state index contributed by atoms with van der Waals surface area (Å²) >= 11 is 0. The summed E-state index contributed by atoms with van der Waals surface area (Å²) in [6.45, 7) is 3.88. The van der Waals surface area contributed by atoms with E-state index in [1.54, 1.807) is 24.3 Å². The van der Waals surface area contributed by atoms with Crippen LogP contribution in [0.3, 0.4) is 0 Å². The summed E-state index contributed by atoms with van der Waals surface area (Å²) in [6.07, 6.45) is 0. The number of rotatable bonds is 3. The Kier molecular flexibility index (Phi) is 3.81. The molecule has 3 aromatic rings. The second-order valence-corrected chi connectivity index (χ2v) is 6.35. The predicted molar refractivity (Wildman–Crippen MR) is 100 cm³/mol. The molecule has 4 nitrogen and oxygen atoms in total. The van der Waals surface area contributed by atoms with Gasteiger partial charge in [0.1, 0.15) is 11.5 Å². The molecule has 4 rings (SSSR count). The maximum Gasteiger partial charge on any atom is 0.266 e. The van der Waals surface area contributed by atoms with Gasteiger partial charge < -0.3 is 4.74 Å². The van der Waals surface area contributed by atoms with Crippen LogP contribution in [0.1, 0.15) is 31.8 Å². The molecule has 4 heteroatoms. The van der Waals surface area contributed by atoms with Crippen LogP contribution in [0.15, 0.2) is 66.7 Å². The van der Waals surface area contributed by atoms with E-state index in [0.29, 0.717) is 28.3 Å². The molecule has 128 valence electrons. The van der Waals surface area contributed by atoms with Gasteiger partial charge in [0, 0.05) is 0 Å². The van der Waals surface area contributed by atoms with E-state index in [9.17, 15) is 9.59 Å². The number of hydrogen-bond acceptors (Lipinski definition) is 3. The molecule has 0 spiro atoms. The predicted octanol–water partition coefficient (Wildman–Crippen LogP) is 4.90. The van der Waals surface area contributed by atoms with Crippen molar-refractivity contribution in [2.75, 3.05) is 4.90 Å². The number of aryl methyl sites for hydroxylation is 2. The van der Waals surface area contributed by atoms with E-state index in [1.165, 1.54) is 4.90 Å². The smallest absolute Gasteiger partial charge is 0.266 e. The van der Waals surface area contributed by atoms with E-state index in [0.717, 1.165) is 11.1 Å². The number of nitrogens with zero attached hydrogens (tertiary/aromatic N) is 1. The van der Waals surface area contributed by atoms with Gasteiger partial charge in [0.05, 0.1) is 16.8 Å². The van der Waals surface area contributed by atoms with Crippen molar-refractivity contribution < 1.29 is 14.3 Å². The van der Waals surface area contributed by atoms with Gasteiger partial charge in [0.2, 0.25) is 0 Å². The van der Waals surface area contributed by atoms with Crippen molar-refractivity contribution in [2.24, 2.45) is 0 Å². The molecule has 1 aliphatic heterocycles. The van der Waals surface area contributed by atoms with Gasteiger partial charge in [-0.05, 0) is 55.8 Å². The van der Waals surface area contributed by atoms with E-state index < -0.39 is 0 Å². The average molecular weight is 343 g/mol. The SMILES string of the molecule is Cc1ccc(Oc2ccc3c(c2)C(=O)N(c2ccccc2C)C3=O)cc1. The number of carbonyl (C=O) groups excluding carboxylic acids is 2. The van der Waals surface area contributed by atoms with Crippen molar-refractivity contribution >= 4 is 17.5 Å². The molecule has 0 fully saturated rings. The number of anilines is 1. The monoisotopic (exact) mass is 343 g/mol. The van der Waals surface area contributed by atoms with Gasteiger partial charge in [-0.3, -0.25) is 9.59 Å². The van der Waals surface area contributed by atoms with Crippen LogP contribution in [0, 0.1) is 13.8 Å². The zero-order chi connectivity index (χ0) is 18.3. The van der Waals surface area contributed by atoms with Gasteiger partial charge in [-0.2, -0.15) is 0 Å². The third-order valence-electron chi connectivity index (χ3n) is 4.47. The fourth-order valence-corrected chi connectivity index (χ4v) is 3.06. The highest BCUT2D eigenvalue weighted by atomic mass is 16.5. The van der Waals surface area contributed by atoms with Crippen molar-refractivity contribution in [3.63, 3.8) is 0 Å². The highest BCUT2D eigenvalue weighted by Crippen LogP contribution is 2.33. The van der Waals surface area contributed by atoms with Crippen molar-refractivity contribution in [3.8, 4) is 11.5 Å². The van der Waals surface area contributed by atoms with Crippen molar-refractivity contribution in [1.29, 1.82) is 0 Å². The Labute approximate surface area is 151 Å². The molecule has 0 N–H and O–H groups in total. The van der Waals surface area contributed by atoms with Gasteiger partial charge in [0.15, 0.2) is 0 Å². The van der Waals surface area contributed by atoms with Crippen LogP contribution in [0.2, 0.25) is 0 Å². The Morgan fingerprint density at radius 3 is 2.12 bits per heavy atom.